The largest absolute Gasteiger partial charge is 0.284 e. The lowest BCUT2D eigenvalue weighted by Crippen LogP contribution is -2.22. The van der Waals surface area contributed by atoms with Crippen LogP contribution in [0.15, 0.2) is 47.0 Å². The minimum Gasteiger partial charge on any atom is -0.284 e. The van der Waals surface area contributed by atoms with Crippen LogP contribution in [0.25, 0.3) is 0 Å². The maximum Gasteiger partial charge on any atom is 0.261 e. The molecular weight excluding hydrogens is 210 g/mol. The van der Waals surface area contributed by atoms with Crippen molar-refractivity contribution in [1.29, 1.82) is 0 Å². The fourth-order valence-corrected chi connectivity index (χ4v) is 2.76. The van der Waals surface area contributed by atoms with E-state index < -0.39 is 10.0 Å². The number of allylic oxidation sites excluding steroid dienone is 2. The quantitative estimate of drug-likeness (QED) is 0.852. The summed E-state index contributed by atoms with van der Waals surface area (Å²) >= 11 is 0. The highest BCUT2D eigenvalue weighted by Gasteiger charge is 2.15. The van der Waals surface area contributed by atoms with Crippen LogP contribution in [-0.4, -0.2) is 8.42 Å². The fraction of sp³-hybridized carbons (Fsp3) is 0.273. The van der Waals surface area contributed by atoms with Gasteiger partial charge in [0.05, 0.1) is 4.90 Å². The lowest BCUT2D eigenvalue weighted by Gasteiger charge is -2.07. The highest BCUT2D eigenvalue weighted by molar-refractivity contribution is 7.89. The molecule has 4 heteroatoms. The first-order valence-corrected chi connectivity index (χ1v) is 6.44. The van der Waals surface area contributed by atoms with E-state index in [4.69, 9.17) is 0 Å². The van der Waals surface area contributed by atoms with Crippen molar-refractivity contribution in [2.45, 2.75) is 24.2 Å². The van der Waals surface area contributed by atoms with Gasteiger partial charge >= 0.3 is 0 Å². The zero-order chi connectivity index (χ0) is 10.7. The van der Waals surface area contributed by atoms with E-state index in [1.165, 1.54) is 0 Å². The number of sulfonamides is 1. The lowest BCUT2D eigenvalue weighted by atomic mass is 10.3. The predicted molar refractivity (Wildman–Crippen MR) is 58.7 cm³/mol. The molecule has 0 amide bonds. The van der Waals surface area contributed by atoms with E-state index in [0.717, 1.165) is 25.0 Å². The molecule has 0 aromatic heterocycles. The number of hydrogen-bond acceptors (Lipinski definition) is 2. The molecule has 0 saturated carbocycles. The SMILES string of the molecule is O=S(=O)(NC1=CCCC1)c1ccccc1. The normalized spacial score (nSPS) is 16.1. The molecule has 1 aliphatic carbocycles. The van der Waals surface area contributed by atoms with Gasteiger partial charge in [0, 0.05) is 5.70 Å². The lowest BCUT2D eigenvalue weighted by molar-refractivity contribution is 0.587. The van der Waals surface area contributed by atoms with Gasteiger partial charge in [0.15, 0.2) is 0 Å². The number of hydrogen-bond donors (Lipinski definition) is 1. The van der Waals surface area contributed by atoms with Gasteiger partial charge in [-0.05, 0) is 31.4 Å². The molecule has 3 nitrogen and oxygen atoms in total. The standard InChI is InChI=1S/C11H13NO2S/c13-15(14,11-8-2-1-3-9-11)12-10-6-4-5-7-10/h1-3,6,8-9,12H,4-5,7H2. The number of benzene rings is 1. The number of nitrogens with one attached hydrogen (secondary N) is 1. The summed E-state index contributed by atoms with van der Waals surface area (Å²) in [5.41, 5.74) is 0.818. The molecule has 1 N–H and O–H groups in total. The Kier molecular flexibility index (Phi) is 2.77. The summed E-state index contributed by atoms with van der Waals surface area (Å²) in [5, 5.41) is 0. The summed E-state index contributed by atoms with van der Waals surface area (Å²) in [7, 11) is -3.36. The maximum atomic E-state index is 11.8. The molecule has 15 heavy (non-hydrogen) atoms. The molecule has 0 fully saturated rings. The van der Waals surface area contributed by atoms with E-state index in [1.807, 2.05) is 6.08 Å². The van der Waals surface area contributed by atoms with Gasteiger partial charge in [-0.25, -0.2) is 8.42 Å². The zero-order valence-electron chi connectivity index (χ0n) is 8.31. The van der Waals surface area contributed by atoms with Crippen molar-refractivity contribution < 1.29 is 8.42 Å². The van der Waals surface area contributed by atoms with Crippen LogP contribution in [0.3, 0.4) is 0 Å². The minimum atomic E-state index is -3.36. The van der Waals surface area contributed by atoms with Crippen LogP contribution < -0.4 is 4.72 Å². The molecular formula is C11H13NO2S. The van der Waals surface area contributed by atoms with Gasteiger partial charge in [-0.1, -0.05) is 24.3 Å². The minimum absolute atomic E-state index is 0.317. The maximum absolute atomic E-state index is 11.8. The third kappa shape index (κ3) is 2.39. The molecule has 1 aromatic rings. The van der Waals surface area contributed by atoms with Crippen LogP contribution in [0.2, 0.25) is 0 Å². The van der Waals surface area contributed by atoms with E-state index in [0.29, 0.717) is 4.90 Å². The Hall–Kier alpha value is -1.29. The monoisotopic (exact) mass is 223 g/mol. The molecule has 80 valence electrons. The van der Waals surface area contributed by atoms with Gasteiger partial charge in [-0.2, -0.15) is 0 Å². The topological polar surface area (TPSA) is 46.2 Å². The van der Waals surface area contributed by atoms with Crippen LogP contribution in [0.4, 0.5) is 0 Å². The average Bonchev–Trinajstić information content (AvgIpc) is 2.71. The van der Waals surface area contributed by atoms with E-state index >= 15 is 0 Å². The Balaban J connectivity index is 2.21. The van der Waals surface area contributed by atoms with Crippen LogP contribution in [0.5, 0.6) is 0 Å². The molecule has 0 unspecified atom stereocenters. The van der Waals surface area contributed by atoms with Crippen molar-refractivity contribution in [2.24, 2.45) is 0 Å². The van der Waals surface area contributed by atoms with Gasteiger partial charge in [-0.15, -0.1) is 0 Å². The Labute approximate surface area is 89.9 Å². The highest BCUT2D eigenvalue weighted by atomic mass is 32.2. The van der Waals surface area contributed by atoms with Gasteiger partial charge in [0.25, 0.3) is 10.0 Å². The van der Waals surface area contributed by atoms with Crippen molar-refractivity contribution in [3.8, 4) is 0 Å². The Morgan fingerprint density at radius 1 is 1.13 bits per heavy atom. The van der Waals surface area contributed by atoms with E-state index in [1.54, 1.807) is 30.3 Å². The van der Waals surface area contributed by atoms with E-state index in [-0.39, 0.29) is 0 Å². The average molecular weight is 223 g/mol. The second kappa shape index (κ2) is 4.06. The third-order valence-electron chi connectivity index (χ3n) is 2.36. The van der Waals surface area contributed by atoms with Crippen LogP contribution in [-0.2, 0) is 10.0 Å². The molecule has 0 atom stereocenters. The molecule has 0 heterocycles. The van der Waals surface area contributed by atoms with Gasteiger partial charge in [0.2, 0.25) is 0 Å². The highest BCUT2D eigenvalue weighted by Crippen LogP contribution is 2.17. The van der Waals surface area contributed by atoms with Crippen LogP contribution in [0, 0.1) is 0 Å². The Morgan fingerprint density at radius 3 is 2.47 bits per heavy atom. The Bertz CT molecular complexity index is 463. The molecule has 0 radical (unpaired) electrons. The zero-order valence-corrected chi connectivity index (χ0v) is 9.13. The first kappa shape index (κ1) is 10.2. The predicted octanol–water partition coefficient (Wildman–Crippen LogP) is 2.03. The van der Waals surface area contributed by atoms with Crippen molar-refractivity contribution in [2.75, 3.05) is 0 Å². The second-order valence-corrected chi connectivity index (χ2v) is 5.22. The summed E-state index contributed by atoms with van der Waals surface area (Å²) in [4.78, 5) is 0.317. The molecule has 1 aliphatic rings. The van der Waals surface area contributed by atoms with Gasteiger partial charge in [0.1, 0.15) is 0 Å². The number of rotatable bonds is 3. The fourth-order valence-electron chi connectivity index (χ4n) is 1.59. The first-order valence-electron chi connectivity index (χ1n) is 4.95. The summed E-state index contributed by atoms with van der Waals surface area (Å²) in [6.45, 7) is 0. The summed E-state index contributed by atoms with van der Waals surface area (Å²) in [5.74, 6) is 0. The van der Waals surface area contributed by atoms with Crippen molar-refractivity contribution in [1.82, 2.24) is 4.72 Å². The second-order valence-electron chi connectivity index (χ2n) is 3.54. The summed E-state index contributed by atoms with van der Waals surface area (Å²) < 4.78 is 26.3. The van der Waals surface area contributed by atoms with Crippen molar-refractivity contribution >= 4 is 10.0 Å². The van der Waals surface area contributed by atoms with Gasteiger partial charge in [-0.3, -0.25) is 4.72 Å². The third-order valence-corrected chi connectivity index (χ3v) is 3.78. The molecule has 2 rings (SSSR count). The van der Waals surface area contributed by atoms with Crippen LogP contribution >= 0.6 is 0 Å². The van der Waals surface area contributed by atoms with E-state index in [2.05, 4.69) is 4.72 Å². The van der Waals surface area contributed by atoms with Crippen molar-refractivity contribution in [3.05, 3.63) is 42.1 Å². The molecule has 0 aliphatic heterocycles. The van der Waals surface area contributed by atoms with E-state index in [9.17, 15) is 8.42 Å². The Morgan fingerprint density at radius 2 is 1.87 bits per heavy atom. The van der Waals surface area contributed by atoms with Crippen molar-refractivity contribution in [3.63, 3.8) is 0 Å². The molecule has 0 spiro atoms. The first-order chi connectivity index (χ1) is 7.18. The summed E-state index contributed by atoms with van der Waals surface area (Å²) in [6.07, 6.45) is 4.77. The smallest absolute Gasteiger partial charge is 0.261 e. The van der Waals surface area contributed by atoms with Crippen LogP contribution in [0.1, 0.15) is 19.3 Å². The molecule has 0 saturated heterocycles. The molecule has 1 aromatic carbocycles. The summed E-state index contributed by atoms with van der Waals surface area (Å²) in [6, 6.07) is 8.43. The van der Waals surface area contributed by atoms with Gasteiger partial charge < -0.3 is 0 Å². The molecule has 0 bridgehead atoms.